The Kier molecular flexibility index (Phi) is 6.16. The number of Topliss-reactive ketones (excluding diaryl/α,β-unsaturated/α-hetero) is 1. The van der Waals surface area contributed by atoms with Gasteiger partial charge in [0.2, 0.25) is 5.91 Å². The van der Waals surface area contributed by atoms with Gasteiger partial charge in [0.25, 0.3) is 0 Å². The molecule has 1 aromatic rings. The fourth-order valence-electron chi connectivity index (χ4n) is 3.45. The van der Waals surface area contributed by atoms with Crippen molar-refractivity contribution < 1.29 is 9.59 Å². The number of nitrogens with zero attached hydrogens (tertiary/aromatic N) is 1. The second-order valence-electron chi connectivity index (χ2n) is 7.94. The Morgan fingerprint density at radius 2 is 1.83 bits per heavy atom. The van der Waals surface area contributed by atoms with Crippen molar-refractivity contribution in [3.05, 3.63) is 34.9 Å². The second kappa shape index (κ2) is 7.93. The molecule has 1 aliphatic rings. The lowest BCUT2D eigenvalue weighted by Crippen LogP contribution is -2.40. The third-order valence-corrected chi connectivity index (χ3v) is 4.51. The molecule has 0 aliphatic heterocycles. The van der Waals surface area contributed by atoms with E-state index in [1.54, 1.807) is 0 Å². The third kappa shape index (κ3) is 5.45. The van der Waals surface area contributed by atoms with Gasteiger partial charge >= 0.3 is 0 Å². The average Bonchev–Trinajstić information content (AvgIpc) is 2.96. The van der Waals surface area contributed by atoms with Crippen LogP contribution in [0.1, 0.15) is 54.6 Å². The highest BCUT2D eigenvalue weighted by molar-refractivity contribution is 5.98. The fourth-order valence-corrected chi connectivity index (χ4v) is 3.45. The van der Waals surface area contributed by atoms with Crippen LogP contribution in [0.4, 0.5) is 0 Å². The molecule has 1 aliphatic carbocycles. The topological polar surface area (TPSA) is 49.4 Å². The zero-order chi connectivity index (χ0) is 17.7. The second-order valence-corrected chi connectivity index (χ2v) is 7.94. The lowest BCUT2D eigenvalue weighted by molar-refractivity contribution is -0.121. The molecule has 0 saturated carbocycles. The first-order valence-electron chi connectivity index (χ1n) is 8.83. The van der Waals surface area contributed by atoms with Crippen molar-refractivity contribution in [2.75, 3.05) is 27.2 Å². The number of aryl methyl sites for hydroxylation is 2. The summed E-state index contributed by atoms with van der Waals surface area (Å²) in [5.41, 5.74) is 3.43. The molecule has 0 bridgehead atoms. The highest BCUT2D eigenvalue weighted by Gasteiger charge is 2.20. The number of fused-ring (bicyclic) bond motifs is 1. The summed E-state index contributed by atoms with van der Waals surface area (Å²) < 4.78 is 0. The molecule has 1 aromatic carbocycles. The van der Waals surface area contributed by atoms with E-state index >= 15 is 0 Å². The van der Waals surface area contributed by atoms with E-state index in [4.69, 9.17) is 0 Å². The largest absolute Gasteiger partial charge is 0.356 e. The number of benzene rings is 1. The van der Waals surface area contributed by atoms with Crippen molar-refractivity contribution in [3.63, 3.8) is 0 Å². The minimum Gasteiger partial charge on any atom is -0.356 e. The number of ketones is 1. The van der Waals surface area contributed by atoms with Crippen LogP contribution >= 0.6 is 0 Å². The molecular weight excluding hydrogens is 300 g/mol. The number of nitrogens with one attached hydrogen (secondary N) is 1. The predicted octanol–water partition coefficient (Wildman–Crippen LogP) is 2.84. The summed E-state index contributed by atoms with van der Waals surface area (Å²) in [5, 5.41) is 2.96. The van der Waals surface area contributed by atoms with Crippen LogP contribution in [0.5, 0.6) is 0 Å². The van der Waals surface area contributed by atoms with E-state index in [2.05, 4.69) is 30.1 Å². The number of carbonyl (C=O) groups excluding carboxylic acids is 2. The number of carbonyl (C=O) groups is 2. The molecule has 4 nitrogen and oxygen atoms in total. The molecule has 0 radical (unpaired) electrons. The van der Waals surface area contributed by atoms with E-state index in [0.29, 0.717) is 6.54 Å². The molecule has 1 N–H and O–H groups in total. The standard InChI is InChI=1S/C20H30N2O2/c1-20(2,14-22(3)4)13-21-19(24)11-10-18(23)17-9-8-15-6-5-7-16(15)12-17/h8-9,12H,5-7,10-11,13-14H2,1-4H3,(H,21,24). The summed E-state index contributed by atoms with van der Waals surface area (Å²) in [6.07, 6.45) is 3.90. The van der Waals surface area contributed by atoms with Crippen LogP contribution in [-0.4, -0.2) is 43.8 Å². The minimum atomic E-state index is -0.0451. The van der Waals surface area contributed by atoms with Gasteiger partial charge in [-0.05, 0) is 56.0 Å². The minimum absolute atomic E-state index is 0.0170. The molecule has 4 heteroatoms. The summed E-state index contributed by atoms with van der Waals surface area (Å²) >= 11 is 0. The maximum atomic E-state index is 12.3. The molecule has 1 amide bonds. The number of amides is 1. The van der Waals surface area contributed by atoms with Crippen molar-refractivity contribution in [2.45, 2.75) is 46.0 Å². The molecule has 0 aromatic heterocycles. The van der Waals surface area contributed by atoms with Crippen LogP contribution in [0.2, 0.25) is 0 Å². The molecule has 0 saturated heterocycles. The van der Waals surface area contributed by atoms with E-state index < -0.39 is 0 Å². The fraction of sp³-hybridized carbons (Fsp3) is 0.600. The van der Waals surface area contributed by atoms with Crippen LogP contribution < -0.4 is 5.32 Å². The third-order valence-electron chi connectivity index (χ3n) is 4.51. The van der Waals surface area contributed by atoms with Gasteiger partial charge in [-0.3, -0.25) is 9.59 Å². The Bertz CT molecular complexity index is 606. The molecule has 0 atom stereocenters. The molecule has 0 heterocycles. The summed E-state index contributed by atoms with van der Waals surface area (Å²) in [6.45, 7) is 5.78. The van der Waals surface area contributed by atoms with Gasteiger partial charge in [0.05, 0.1) is 0 Å². The molecule has 2 rings (SSSR count). The number of rotatable bonds is 8. The maximum Gasteiger partial charge on any atom is 0.220 e. The predicted molar refractivity (Wildman–Crippen MR) is 97.4 cm³/mol. The van der Waals surface area contributed by atoms with Crippen molar-refractivity contribution in [1.29, 1.82) is 0 Å². The van der Waals surface area contributed by atoms with E-state index in [0.717, 1.165) is 24.9 Å². The molecule has 0 spiro atoms. The summed E-state index contributed by atoms with van der Waals surface area (Å²) in [5.74, 6) is 0.0174. The summed E-state index contributed by atoms with van der Waals surface area (Å²) in [6, 6.07) is 5.99. The highest BCUT2D eigenvalue weighted by atomic mass is 16.2. The number of hydrogen-bond acceptors (Lipinski definition) is 3. The van der Waals surface area contributed by atoms with Crippen LogP contribution in [0.15, 0.2) is 18.2 Å². The smallest absolute Gasteiger partial charge is 0.220 e. The van der Waals surface area contributed by atoms with Crippen molar-refractivity contribution in [2.24, 2.45) is 5.41 Å². The van der Waals surface area contributed by atoms with Crippen molar-refractivity contribution >= 4 is 11.7 Å². The van der Waals surface area contributed by atoms with E-state index in [1.165, 1.54) is 17.5 Å². The van der Waals surface area contributed by atoms with Crippen molar-refractivity contribution in [1.82, 2.24) is 10.2 Å². The van der Waals surface area contributed by atoms with Gasteiger partial charge in [-0.15, -0.1) is 0 Å². The van der Waals surface area contributed by atoms with Gasteiger partial charge in [-0.25, -0.2) is 0 Å². The Morgan fingerprint density at radius 3 is 2.54 bits per heavy atom. The molecule has 0 unspecified atom stereocenters. The zero-order valence-electron chi connectivity index (χ0n) is 15.4. The maximum absolute atomic E-state index is 12.3. The first-order chi connectivity index (χ1) is 11.3. The van der Waals surface area contributed by atoms with Gasteiger partial charge < -0.3 is 10.2 Å². The summed E-state index contributed by atoms with van der Waals surface area (Å²) in [7, 11) is 4.05. The van der Waals surface area contributed by atoms with Gasteiger partial charge in [0, 0.05) is 31.5 Å². The van der Waals surface area contributed by atoms with Crippen LogP contribution in [-0.2, 0) is 17.6 Å². The Hall–Kier alpha value is -1.68. The Morgan fingerprint density at radius 1 is 1.12 bits per heavy atom. The van der Waals surface area contributed by atoms with Gasteiger partial charge in [-0.1, -0.05) is 26.0 Å². The highest BCUT2D eigenvalue weighted by Crippen LogP contribution is 2.23. The lowest BCUT2D eigenvalue weighted by Gasteiger charge is -2.28. The quantitative estimate of drug-likeness (QED) is 0.746. The molecule has 0 fully saturated rings. The number of hydrogen-bond donors (Lipinski definition) is 1. The molecule has 132 valence electrons. The molecule has 24 heavy (non-hydrogen) atoms. The monoisotopic (exact) mass is 330 g/mol. The average molecular weight is 330 g/mol. The van der Waals surface area contributed by atoms with Gasteiger partial charge in [-0.2, -0.15) is 0 Å². The normalized spacial score (nSPS) is 13.9. The van der Waals surface area contributed by atoms with Crippen LogP contribution in [0, 0.1) is 5.41 Å². The lowest BCUT2D eigenvalue weighted by atomic mass is 9.93. The zero-order valence-corrected chi connectivity index (χ0v) is 15.4. The van der Waals surface area contributed by atoms with Crippen LogP contribution in [0.3, 0.4) is 0 Å². The first-order valence-corrected chi connectivity index (χ1v) is 8.83. The van der Waals surface area contributed by atoms with Gasteiger partial charge in [0.15, 0.2) is 5.78 Å². The van der Waals surface area contributed by atoms with Crippen molar-refractivity contribution in [3.8, 4) is 0 Å². The van der Waals surface area contributed by atoms with E-state index in [1.807, 2.05) is 26.2 Å². The first kappa shape index (κ1) is 18.7. The molecular formula is C20H30N2O2. The SMILES string of the molecule is CN(C)CC(C)(C)CNC(=O)CCC(=O)c1ccc2c(c1)CCC2. The Labute approximate surface area is 145 Å². The summed E-state index contributed by atoms with van der Waals surface area (Å²) in [4.78, 5) is 26.4. The van der Waals surface area contributed by atoms with E-state index in [9.17, 15) is 9.59 Å². The van der Waals surface area contributed by atoms with Crippen LogP contribution in [0.25, 0.3) is 0 Å². The Balaban J connectivity index is 1.78. The van der Waals surface area contributed by atoms with Gasteiger partial charge in [0.1, 0.15) is 0 Å². The van der Waals surface area contributed by atoms with E-state index in [-0.39, 0.29) is 29.9 Å².